The number of carbonyl (C=O) groups is 2. The van der Waals surface area contributed by atoms with Crippen LogP contribution < -0.4 is 0 Å². The van der Waals surface area contributed by atoms with E-state index in [9.17, 15) is 14.7 Å². The maximum atomic E-state index is 13.0. The van der Waals surface area contributed by atoms with E-state index in [0.29, 0.717) is 17.9 Å². The van der Waals surface area contributed by atoms with Crippen molar-refractivity contribution in [3.8, 4) is 6.07 Å². The second-order valence-corrected chi connectivity index (χ2v) is 7.62. The maximum absolute atomic E-state index is 13.0. The fourth-order valence-electron chi connectivity index (χ4n) is 3.93. The van der Waals surface area contributed by atoms with Gasteiger partial charge in [-0.1, -0.05) is 33.1 Å². The van der Waals surface area contributed by atoms with Gasteiger partial charge < -0.3 is 15.0 Å². The summed E-state index contributed by atoms with van der Waals surface area (Å²) in [6.07, 6.45) is 6.45. The zero-order chi connectivity index (χ0) is 18.2. The third kappa shape index (κ3) is 3.19. The quantitative estimate of drug-likeness (QED) is 0.864. The Kier molecular flexibility index (Phi) is 4.42. The van der Waals surface area contributed by atoms with Crippen molar-refractivity contribution in [3.05, 3.63) is 29.2 Å². The molecule has 0 bridgehead atoms. The Morgan fingerprint density at radius 2 is 2.00 bits per heavy atom. The molecule has 0 unspecified atom stereocenters. The number of aromatic amines is 1. The molecule has 2 heterocycles. The number of fused-ring (bicyclic) bond motifs is 1. The molecule has 0 aromatic carbocycles. The molecule has 1 amide bonds. The molecule has 25 heavy (non-hydrogen) atoms. The fourth-order valence-corrected chi connectivity index (χ4v) is 3.93. The van der Waals surface area contributed by atoms with Gasteiger partial charge in [-0.2, -0.15) is 5.26 Å². The molecule has 1 aromatic rings. The minimum Gasteiger partial charge on any atom is -0.478 e. The highest BCUT2D eigenvalue weighted by molar-refractivity contribution is 6.15. The van der Waals surface area contributed by atoms with Gasteiger partial charge in [0, 0.05) is 24.1 Å². The highest BCUT2D eigenvalue weighted by Gasteiger charge is 2.37. The third-order valence-electron chi connectivity index (χ3n) is 5.26. The van der Waals surface area contributed by atoms with Gasteiger partial charge in [-0.25, -0.2) is 4.79 Å². The Hall–Kier alpha value is -2.55. The monoisotopic (exact) mass is 341 g/mol. The maximum Gasteiger partial charge on any atom is 0.339 e. The number of carboxylic acids is 1. The Bertz CT molecular complexity index is 776. The van der Waals surface area contributed by atoms with Crippen molar-refractivity contribution < 1.29 is 14.7 Å². The molecule has 1 aromatic heterocycles. The molecule has 0 atom stereocenters. The Balaban J connectivity index is 2.04. The van der Waals surface area contributed by atoms with Crippen LogP contribution in [0.5, 0.6) is 0 Å². The molecule has 1 saturated carbocycles. The number of aromatic nitrogens is 1. The van der Waals surface area contributed by atoms with Gasteiger partial charge in [0.2, 0.25) is 5.91 Å². The molecule has 1 aliphatic heterocycles. The summed E-state index contributed by atoms with van der Waals surface area (Å²) in [4.78, 5) is 29.3. The second kappa shape index (κ2) is 6.40. The summed E-state index contributed by atoms with van der Waals surface area (Å²) in [6.45, 7) is 4.34. The molecule has 6 heteroatoms. The minimum atomic E-state index is -1.10. The molecule has 0 spiro atoms. The summed E-state index contributed by atoms with van der Waals surface area (Å²) < 4.78 is 0. The Morgan fingerprint density at radius 1 is 1.32 bits per heavy atom. The number of hydrogen-bond acceptors (Lipinski definition) is 3. The molecular formula is C19H23N3O3. The number of aliphatic carboxylic acids is 1. The summed E-state index contributed by atoms with van der Waals surface area (Å²) in [5.74, 6) is -1.12. The van der Waals surface area contributed by atoms with E-state index in [1.54, 1.807) is 11.0 Å². The summed E-state index contributed by atoms with van der Waals surface area (Å²) in [5, 5.41) is 18.8. The fraction of sp³-hybridized carbons (Fsp3) is 0.526. The Labute approximate surface area is 147 Å². The Morgan fingerprint density at radius 3 is 2.60 bits per heavy atom. The highest BCUT2D eigenvalue weighted by atomic mass is 16.4. The zero-order valence-corrected chi connectivity index (χ0v) is 14.6. The highest BCUT2D eigenvalue weighted by Crippen LogP contribution is 2.37. The van der Waals surface area contributed by atoms with Crippen molar-refractivity contribution in [1.82, 2.24) is 9.88 Å². The van der Waals surface area contributed by atoms with Crippen molar-refractivity contribution in [3.63, 3.8) is 0 Å². The summed E-state index contributed by atoms with van der Waals surface area (Å²) in [7, 11) is 0. The molecular weight excluding hydrogens is 318 g/mol. The van der Waals surface area contributed by atoms with Crippen molar-refractivity contribution >= 4 is 17.4 Å². The first kappa shape index (κ1) is 17.3. The predicted octanol–water partition coefficient (Wildman–Crippen LogP) is 3.01. The van der Waals surface area contributed by atoms with Gasteiger partial charge in [-0.3, -0.25) is 4.79 Å². The van der Waals surface area contributed by atoms with E-state index >= 15 is 0 Å². The van der Waals surface area contributed by atoms with Gasteiger partial charge in [0.1, 0.15) is 11.8 Å². The van der Waals surface area contributed by atoms with Gasteiger partial charge in [-0.15, -0.1) is 0 Å². The van der Waals surface area contributed by atoms with Crippen LogP contribution in [-0.4, -0.2) is 33.4 Å². The number of nitriles is 1. The predicted molar refractivity (Wildman–Crippen MR) is 92.4 cm³/mol. The second-order valence-electron chi connectivity index (χ2n) is 7.62. The van der Waals surface area contributed by atoms with Crippen LogP contribution >= 0.6 is 0 Å². The molecule has 1 aliphatic carbocycles. The van der Waals surface area contributed by atoms with E-state index in [1.165, 1.54) is 6.20 Å². The van der Waals surface area contributed by atoms with E-state index < -0.39 is 11.4 Å². The number of rotatable bonds is 2. The topological polar surface area (TPSA) is 97.2 Å². The number of nitrogens with zero attached hydrogens (tertiary/aromatic N) is 2. The van der Waals surface area contributed by atoms with E-state index in [1.807, 2.05) is 19.9 Å². The van der Waals surface area contributed by atoms with Crippen LogP contribution in [0.2, 0.25) is 0 Å². The van der Waals surface area contributed by atoms with Crippen LogP contribution in [0.1, 0.15) is 62.9 Å². The van der Waals surface area contributed by atoms with Gasteiger partial charge in [0.15, 0.2) is 0 Å². The van der Waals surface area contributed by atoms with Crippen LogP contribution in [0.15, 0.2) is 12.3 Å². The molecule has 3 rings (SSSR count). The average Bonchev–Trinajstić information content (AvgIpc) is 2.99. The average molecular weight is 341 g/mol. The first-order valence-electron chi connectivity index (χ1n) is 8.73. The lowest BCUT2D eigenvalue weighted by Gasteiger charge is -2.32. The summed E-state index contributed by atoms with van der Waals surface area (Å²) >= 11 is 0. The van der Waals surface area contributed by atoms with Crippen LogP contribution in [0.4, 0.5) is 0 Å². The normalized spacial score (nSPS) is 20.2. The molecule has 2 N–H and O–H groups in total. The number of nitrogens with one attached hydrogen (secondary N) is 1. The standard InChI is InChI=1S/C19H23N3O3/c1-19(2)11-22(17(23)12-6-4-3-5-7-12)10-14(18(24)25)16-15(19)8-13(9-20)21-16/h8,10,12,21H,3-7,11H2,1-2H3,(H,24,25). The van der Waals surface area contributed by atoms with Gasteiger partial charge in [0.25, 0.3) is 0 Å². The van der Waals surface area contributed by atoms with Crippen LogP contribution in [0.25, 0.3) is 5.57 Å². The molecule has 6 nitrogen and oxygen atoms in total. The number of carbonyl (C=O) groups excluding carboxylic acids is 1. The van der Waals surface area contributed by atoms with Crippen molar-refractivity contribution in [2.24, 2.45) is 5.92 Å². The van der Waals surface area contributed by atoms with Crippen LogP contribution in [0, 0.1) is 17.2 Å². The molecule has 2 aliphatic rings. The number of amides is 1. The van der Waals surface area contributed by atoms with Crippen LogP contribution in [0.3, 0.4) is 0 Å². The van der Waals surface area contributed by atoms with Crippen LogP contribution in [-0.2, 0) is 15.0 Å². The van der Waals surface area contributed by atoms with E-state index in [-0.39, 0.29) is 17.4 Å². The lowest BCUT2D eigenvalue weighted by Crippen LogP contribution is -2.40. The van der Waals surface area contributed by atoms with Gasteiger partial charge >= 0.3 is 5.97 Å². The molecule has 0 radical (unpaired) electrons. The lowest BCUT2D eigenvalue weighted by atomic mass is 9.83. The van der Waals surface area contributed by atoms with Crippen molar-refractivity contribution in [1.29, 1.82) is 5.26 Å². The van der Waals surface area contributed by atoms with E-state index in [4.69, 9.17) is 5.26 Å². The SMILES string of the molecule is CC1(C)CN(C(=O)C2CCCCC2)C=C(C(=O)O)c2[nH]c(C#N)cc21. The lowest BCUT2D eigenvalue weighted by molar-refractivity contribution is -0.134. The van der Waals surface area contributed by atoms with Gasteiger partial charge in [-0.05, 0) is 24.5 Å². The molecule has 0 saturated heterocycles. The summed E-state index contributed by atoms with van der Waals surface area (Å²) in [6, 6.07) is 3.73. The first-order chi connectivity index (χ1) is 11.8. The summed E-state index contributed by atoms with van der Waals surface area (Å²) in [5.41, 5.74) is 1.09. The van der Waals surface area contributed by atoms with Crippen molar-refractivity contribution in [2.45, 2.75) is 51.4 Å². The molecule has 132 valence electrons. The number of hydrogen-bond donors (Lipinski definition) is 2. The van der Waals surface area contributed by atoms with Gasteiger partial charge in [0.05, 0.1) is 11.3 Å². The largest absolute Gasteiger partial charge is 0.478 e. The minimum absolute atomic E-state index is 0.0113. The molecule has 1 fully saturated rings. The number of carboxylic acid groups (broad SMARTS) is 1. The smallest absolute Gasteiger partial charge is 0.339 e. The van der Waals surface area contributed by atoms with E-state index in [0.717, 1.165) is 37.7 Å². The number of H-pyrrole nitrogens is 1. The first-order valence-corrected chi connectivity index (χ1v) is 8.73. The van der Waals surface area contributed by atoms with Crippen molar-refractivity contribution in [2.75, 3.05) is 6.54 Å². The van der Waals surface area contributed by atoms with E-state index in [2.05, 4.69) is 4.98 Å². The zero-order valence-electron chi connectivity index (χ0n) is 14.6. The third-order valence-corrected chi connectivity index (χ3v) is 5.26.